The van der Waals surface area contributed by atoms with Crippen LogP contribution in [-0.2, 0) is 0 Å². The molecule has 2 amide bonds. The Hall–Kier alpha value is -0.770. The molecule has 1 aliphatic carbocycles. The molecule has 0 unspecified atom stereocenters. The van der Waals surface area contributed by atoms with Crippen LogP contribution in [0.15, 0.2) is 0 Å². The van der Waals surface area contributed by atoms with Crippen LogP contribution < -0.4 is 10.6 Å². The molecule has 3 aliphatic rings. The lowest BCUT2D eigenvalue weighted by atomic mass is 10.1. The van der Waals surface area contributed by atoms with Crippen molar-refractivity contribution in [2.45, 2.75) is 44.2 Å². The number of nitrogens with one attached hydrogen (secondary N) is 2. The molecule has 1 saturated carbocycles. The van der Waals surface area contributed by atoms with Crippen LogP contribution in [-0.4, -0.2) is 42.6 Å². The highest BCUT2D eigenvalue weighted by Crippen LogP contribution is 2.25. The van der Waals surface area contributed by atoms with Crippen molar-refractivity contribution in [3.8, 4) is 0 Å². The van der Waals surface area contributed by atoms with Gasteiger partial charge in [-0.3, -0.25) is 0 Å². The Kier molecular flexibility index (Phi) is 2.75. The third-order valence-corrected chi connectivity index (χ3v) is 4.33. The highest BCUT2D eigenvalue weighted by atomic mass is 16.2. The standard InChI is InChI=1S/C12H21N3O/c16-12(14-10-3-1-2-4-10)15-7-9-5-6-13-11(9)8-15/h9-11,13H,1-8H2,(H,14,16)/t9-,11+/m1/s1. The molecule has 0 radical (unpaired) electrons. The first-order valence-corrected chi connectivity index (χ1v) is 6.62. The van der Waals surface area contributed by atoms with Crippen molar-refractivity contribution in [2.75, 3.05) is 19.6 Å². The van der Waals surface area contributed by atoms with Gasteiger partial charge in [-0.05, 0) is 31.7 Å². The summed E-state index contributed by atoms with van der Waals surface area (Å²) in [5, 5.41) is 6.64. The van der Waals surface area contributed by atoms with Gasteiger partial charge in [0.25, 0.3) is 0 Å². The van der Waals surface area contributed by atoms with Gasteiger partial charge in [-0.25, -0.2) is 4.79 Å². The molecule has 3 fully saturated rings. The summed E-state index contributed by atoms with van der Waals surface area (Å²) in [5.41, 5.74) is 0. The van der Waals surface area contributed by atoms with Crippen molar-refractivity contribution in [1.82, 2.24) is 15.5 Å². The minimum Gasteiger partial charge on any atom is -0.335 e. The molecule has 4 nitrogen and oxygen atoms in total. The Balaban J connectivity index is 1.51. The first kappa shape index (κ1) is 10.4. The van der Waals surface area contributed by atoms with Gasteiger partial charge in [-0.15, -0.1) is 0 Å². The molecule has 0 spiro atoms. The normalized spacial score (nSPS) is 34.4. The maximum atomic E-state index is 12.0. The molecule has 16 heavy (non-hydrogen) atoms. The van der Waals surface area contributed by atoms with Crippen molar-refractivity contribution in [2.24, 2.45) is 5.92 Å². The summed E-state index contributed by atoms with van der Waals surface area (Å²) in [5.74, 6) is 0.703. The Morgan fingerprint density at radius 3 is 2.75 bits per heavy atom. The van der Waals surface area contributed by atoms with Gasteiger partial charge >= 0.3 is 6.03 Å². The summed E-state index contributed by atoms with van der Waals surface area (Å²) in [6, 6.07) is 1.18. The van der Waals surface area contributed by atoms with Crippen LogP contribution in [0.2, 0.25) is 0 Å². The monoisotopic (exact) mass is 223 g/mol. The number of carbonyl (C=O) groups is 1. The van der Waals surface area contributed by atoms with Crippen molar-refractivity contribution < 1.29 is 4.79 Å². The highest BCUT2D eigenvalue weighted by molar-refractivity contribution is 5.75. The van der Waals surface area contributed by atoms with Gasteiger partial charge in [-0.1, -0.05) is 12.8 Å². The molecule has 2 saturated heterocycles. The summed E-state index contributed by atoms with van der Waals surface area (Å²) in [4.78, 5) is 14.0. The number of fused-ring (bicyclic) bond motifs is 1. The number of likely N-dealkylation sites (tertiary alicyclic amines) is 1. The minimum absolute atomic E-state index is 0.170. The second kappa shape index (κ2) is 4.24. The third-order valence-electron chi connectivity index (χ3n) is 4.33. The zero-order chi connectivity index (χ0) is 11.0. The van der Waals surface area contributed by atoms with Gasteiger partial charge in [0.15, 0.2) is 0 Å². The number of hydrogen-bond acceptors (Lipinski definition) is 2. The van der Waals surface area contributed by atoms with E-state index in [2.05, 4.69) is 10.6 Å². The molecule has 3 rings (SSSR count). The molecule has 0 bridgehead atoms. The van der Waals surface area contributed by atoms with Crippen LogP contribution in [0.5, 0.6) is 0 Å². The van der Waals surface area contributed by atoms with Crippen molar-refractivity contribution in [3.63, 3.8) is 0 Å². The number of hydrogen-bond donors (Lipinski definition) is 2. The van der Waals surface area contributed by atoms with Gasteiger partial charge in [-0.2, -0.15) is 0 Å². The lowest BCUT2D eigenvalue weighted by Crippen LogP contribution is -2.44. The van der Waals surface area contributed by atoms with E-state index in [1.807, 2.05) is 4.90 Å². The Labute approximate surface area is 96.8 Å². The minimum atomic E-state index is 0.170. The summed E-state index contributed by atoms with van der Waals surface area (Å²) < 4.78 is 0. The third kappa shape index (κ3) is 1.90. The second-order valence-corrected chi connectivity index (χ2v) is 5.45. The largest absolute Gasteiger partial charge is 0.335 e. The van der Waals surface area contributed by atoms with E-state index in [9.17, 15) is 4.79 Å². The summed E-state index contributed by atoms with van der Waals surface area (Å²) in [6.07, 6.45) is 6.13. The maximum Gasteiger partial charge on any atom is 0.317 e. The molecule has 0 aromatic rings. The molecule has 2 aliphatic heterocycles. The smallest absolute Gasteiger partial charge is 0.317 e. The molecule has 4 heteroatoms. The first-order valence-electron chi connectivity index (χ1n) is 6.62. The lowest BCUT2D eigenvalue weighted by Gasteiger charge is -2.21. The van der Waals surface area contributed by atoms with Gasteiger partial charge in [0, 0.05) is 25.2 Å². The first-order chi connectivity index (χ1) is 7.83. The molecule has 2 heterocycles. The number of amides is 2. The van der Waals surface area contributed by atoms with Crippen LogP contribution in [0.3, 0.4) is 0 Å². The molecule has 2 atom stereocenters. The zero-order valence-electron chi connectivity index (χ0n) is 9.74. The second-order valence-electron chi connectivity index (χ2n) is 5.45. The average molecular weight is 223 g/mol. The number of urea groups is 1. The van der Waals surface area contributed by atoms with Crippen LogP contribution >= 0.6 is 0 Å². The number of rotatable bonds is 1. The fourth-order valence-corrected chi connectivity index (χ4v) is 3.35. The fourth-order valence-electron chi connectivity index (χ4n) is 3.35. The van der Waals surface area contributed by atoms with E-state index in [0.29, 0.717) is 18.0 Å². The van der Waals surface area contributed by atoms with Gasteiger partial charge in [0.1, 0.15) is 0 Å². The topological polar surface area (TPSA) is 44.4 Å². The predicted molar refractivity (Wildman–Crippen MR) is 62.3 cm³/mol. The summed E-state index contributed by atoms with van der Waals surface area (Å²) >= 11 is 0. The molecule has 0 aromatic heterocycles. The van der Waals surface area contributed by atoms with Gasteiger partial charge < -0.3 is 15.5 Å². The van der Waals surface area contributed by atoms with Gasteiger partial charge in [0.05, 0.1) is 0 Å². The van der Waals surface area contributed by atoms with E-state index in [4.69, 9.17) is 0 Å². The van der Waals surface area contributed by atoms with E-state index in [0.717, 1.165) is 19.6 Å². The van der Waals surface area contributed by atoms with E-state index in [1.165, 1.54) is 32.1 Å². The maximum absolute atomic E-state index is 12.0. The van der Waals surface area contributed by atoms with Crippen molar-refractivity contribution in [1.29, 1.82) is 0 Å². The van der Waals surface area contributed by atoms with E-state index in [1.54, 1.807) is 0 Å². The van der Waals surface area contributed by atoms with Crippen LogP contribution in [0, 0.1) is 5.92 Å². The van der Waals surface area contributed by atoms with Crippen molar-refractivity contribution >= 4 is 6.03 Å². The predicted octanol–water partition coefficient (Wildman–Crippen LogP) is 0.932. The van der Waals surface area contributed by atoms with E-state index in [-0.39, 0.29) is 6.03 Å². The van der Waals surface area contributed by atoms with Gasteiger partial charge in [0.2, 0.25) is 0 Å². The molecule has 2 N–H and O–H groups in total. The Bertz CT molecular complexity index is 263. The van der Waals surface area contributed by atoms with Crippen LogP contribution in [0.1, 0.15) is 32.1 Å². The molecular weight excluding hydrogens is 202 g/mol. The molecule has 0 aromatic carbocycles. The van der Waals surface area contributed by atoms with E-state index < -0.39 is 0 Å². The SMILES string of the molecule is O=C(NC1CCCC1)N1C[C@H]2CCN[C@H]2C1. The van der Waals surface area contributed by atoms with Crippen LogP contribution in [0.4, 0.5) is 4.79 Å². The average Bonchev–Trinajstić information content (AvgIpc) is 2.91. The Morgan fingerprint density at radius 1 is 1.19 bits per heavy atom. The van der Waals surface area contributed by atoms with E-state index >= 15 is 0 Å². The number of nitrogens with zero attached hydrogens (tertiary/aromatic N) is 1. The summed E-state index contributed by atoms with van der Waals surface area (Å²) in [6.45, 7) is 2.99. The molecule has 90 valence electrons. The molecular formula is C12H21N3O. The zero-order valence-corrected chi connectivity index (χ0v) is 9.74. The fraction of sp³-hybridized carbons (Fsp3) is 0.917. The number of carbonyl (C=O) groups excluding carboxylic acids is 1. The van der Waals surface area contributed by atoms with Crippen molar-refractivity contribution in [3.05, 3.63) is 0 Å². The van der Waals surface area contributed by atoms with Crippen LogP contribution in [0.25, 0.3) is 0 Å². The Morgan fingerprint density at radius 2 is 2.00 bits per heavy atom. The quantitative estimate of drug-likeness (QED) is 0.694. The highest BCUT2D eigenvalue weighted by Gasteiger charge is 2.38. The lowest BCUT2D eigenvalue weighted by molar-refractivity contribution is 0.201. The summed E-state index contributed by atoms with van der Waals surface area (Å²) in [7, 11) is 0.